The minimum absolute atomic E-state index is 0.0387. The van der Waals surface area contributed by atoms with Crippen LogP contribution >= 0.6 is 11.3 Å². The van der Waals surface area contributed by atoms with Gasteiger partial charge in [0.1, 0.15) is 0 Å². The van der Waals surface area contributed by atoms with Crippen LogP contribution in [0.1, 0.15) is 18.1 Å². The standard InChI is InChI=1S/C19H18N2OS/c1-2-14-8-10-15(11-9-14)12-18(22)21-19-20-17(13-23-19)16-6-4-3-5-7-16/h3-11,13H,2,12H2,1H3,(H,20,21,22). The van der Waals surface area contributed by atoms with Gasteiger partial charge in [-0.15, -0.1) is 11.3 Å². The van der Waals surface area contributed by atoms with Gasteiger partial charge in [0, 0.05) is 10.9 Å². The van der Waals surface area contributed by atoms with Crippen molar-refractivity contribution in [2.75, 3.05) is 5.32 Å². The van der Waals surface area contributed by atoms with Gasteiger partial charge in [-0.05, 0) is 17.5 Å². The zero-order valence-electron chi connectivity index (χ0n) is 13.0. The van der Waals surface area contributed by atoms with E-state index in [2.05, 4.69) is 29.4 Å². The Morgan fingerprint density at radius 1 is 1.04 bits per heavy atom. The van der Waals surface area contributed by atoms with Gasteiger partial charge in [0.25, 0.3) is 0 Å². The van der Waals surface area contributed by atoms with Crippen LogP contribution in [0, 0.1) is 0 Å². The average Bonchev–Trinajstić information content (AvgIpc) is 3.04. The molecular weight excluding hydrogens is 304 g/mol. The molecule has 3 aromatic rings. The molecule has 3 nitrogen and oxygen atoms in total. The third kappa shape index (κ3) is 4.05. The first-order chi connectivity index (χ1) is 11.2. The van der Waals surface area contributed by atoms with Crippen LogP contribution in [-0.2, 0) is 17.6 Å². The maximum atomic E-state index is 12.1. The molecule has 0 aliphatic carbocycles. The third-order valence-electron chi connectivity index (χ3n) is 3.62. The Morgan fingerprint density at radius 2 is 1.74 bits per heavy atom. The summed E-state index contributed by atoms with van der Waals surface area (Å²) in [4.78, 5) is 16.6. The van der Waals surface area contributed by atoms with E-state index in [9.17, 15) is 4.79 Å². The van der Waals surface area contributed by atoms with E-state index in [-0.39, 0.29) is 5.91 Å². The normalized spacial score (nSPS) is 10.5. The zero-order chi connectivity index (χ0) is 16.1. The lowest BCUT2D eigenvalue weighted by Gasteiger charge is -2.03. The lowest BCUT2D eigenvalue weighted by molar-refractivity contribution is -0.115. The Morgan fingerprint density at radius 3 is 2.43 bits per heavy atom. The van der Waals surface area contributed by atoms with Crippen LogP contribution < -0.4 is 5.32 Å². The number of aryl methyl sites for hydroxylation is 1. The summed E-state index contributed by atoms with van der Waals surface area (Å²) in [7, 11) is 0. The molecule has 1 heterocycles. The van der Waals surface area contributed by atoms with E-state index in [4.69, 9.17) is 0 Å². The Labute approximate surface area is 140 Å². The second kappa shape index (κ2) is 7.20. The molecule has 1 amide bonds. The summed E-state index contributed by atoms with van der Waals surface area (Å²) in [5.41, 5.74) is 4.23. The highest BCUT2D eigenvalue weighted by atomic mass is 32.1. The van der Waals surface area contributed by atoms with Crippen molar-refractivity contribution in [1.29, 1.82) is 0 Å². The Balaban J connectivity index is 1.63. The number of benzene rings is 2. The molecule has 1 aromatic heterocycles. The summed E-state index contributed by atoms with van der Waals surface area (Å²) in [6, 6.07) is 18.1. The molecule has 0 unspecified atom stereocenters. The molecule has 0 fully saturated rings. The predicted molar refractivity (Wildman–Crippen MR) is 95.7 cm³/mol. The van der Waals surface area contributed by atoms with E-state index >= 15 is 0 Å². The maximum Gasteiger partial charge on any atom is 0.230 e. The van der Waals surface area contributed by atoms with Gasteiger partial charge in [0.05, 0.1) is 12.1 Å². The number of amides is 1. The summed E-state index contributed by atoms with van der Waals surface area (Å²) in [5.74, 6) is -0.0387. The molecule has 0 spiro atoms. The lowest BCUT2D eigenvalue weighted by Crippen LogP contribution is -2.14. The lowest BCUT2D eigenvalue weighted by atomic mass is 10.1. The van der Waals surface area contributed by atoms with Crippen LogP contribution in [0.4, 0.5) is 5.13 Å². The van der Waals surface area contributed by atoms with Crippen LogP contribution in [-0.4, -0.2) is 10.9 Å². The molecule has 1 N–H and O–H groups in total. The molecule has 23 heavy (non-hydrogen) atoms. The second-order valence-corrected chi connectivity index (χ2v) is 6.16. The molecule has 0 atom stereocenters. The first-order valence-electron chi connectivity index (χ1n) is 7.63. The number of hydrogen-bond acceptors (Lipinski definition) is 3. The molecule has 4 heteroatoms. The van der Waals surface area contributed by atoms with Crippen molar-refractivity contribution < 1.29 is 4.79 Å². The quantitative estimate of drug-likeness (QED) is 0.748. The number of carbonyl (C=O) groups is 1. The molecule has 0 saturated heterocycles. The fraction of sp³-hybridized carbons (Fsp3) is 0.158. The third-order valence-corrected chi connectivity index (χ3v) is 4.37. The van der Waals surface area contributed by atoms with E-state index in [0.29, 0.717) is 11.6 Å². The number of thiazole rings is 1. The van der Waals surface area contributed by atoms with Gasteiger partial charge >= 0.3 is 0 Å². The van der Waals surface area contributed by atoms with E-state index in [1.165, 1.54) is 16.9 Å². The highest BCUT2D eigenvalue weighted by Crippen LogP contribution is 2.24. The van der Waals surface area contributed by atoms with Crippen LogP contribution in [0.2, 0.25) is 0 Å². The summed E-state index contributed by atoms with van der Waals surface area (Å²) >= 11 is 1.45. The first-order valence-corrected chi connectivity index (χ1v) is 8.51. The van der Waals surface area contributed by atoms with E-state index in [1.54, 1.807) is 0 Å². The summed E-state index contributed by atoms with van der Waals surface area (Å²) < 4.78 is 0. The van der Waals surface area contributed by atoms with Crippen LogP contribution in [0.15, 0.2) is 60.0 Å². The van der Waals surface area contributed by atoms with E-state index < -0.39 is 0 Å². The van der Waals surface area contributed by atoms with Crippen molar-refractivity contribution in [2.45, 2.75) is 19.8 Å². The van der Waals surface area contributed by atoms with Crippen molar-refractivity contribution in [3.63, 3.8) is 0 Å². The molecule has 0 bridgehead atoms. The van der Waals surface area contributed by atoms with Gasteiger partial charge < -0.3 is 5.32 Å². The maximum absolute atomic E-state index is 12.1. The molecule has 2 aromatic carbocycles. The van der Waals surface area contributed by atoms with Crippen molar-refractivity contribution in [3.8, 4) is 11.3 Å². The average molecular weight is 322 g/mol. The first kappa shape index (κ1) is 15.4. The number of aromatic nitrogens is 1. The molecule has 3 rings (SSSR count). The fourth-order valence-electron chi connectivity index (χ4n) is 2.31. The monoisotopic (exact) mass is 322 g/mol. The summed E-state index contributed by atoms with van der Waals surface area (Å²) in [6.07, 6.45) is 1.37. The van der Waals surface area contributed by atoms with Gasteiger partial charge in [-0.25, -0.2) is 4.98 Å². The van der Waals surface area contributed by atoms with Crippen LogP contribution in [0.25, 0.3) is 11.3 Å². The number of hydrogen-bond donors (Lipinski definition) is 1. The van der Waals surface area contributed by atoms with Gasteiger partial charge in [0.2, 0.25) is 5.91 Å². The van der Waals surface area contributed by atoms with Crippen molar-refractivity contribution >= 4 is 22.4 Å². The predicted octanol–water partition coefficient (Wildman–Crippen LogP) is 4.55. The SMILES string of the molecule is CCc1ccc(CC(=O)Nc2nc(-c3ccccc3)cs2)cc1. The Bertz CT molecular complexity index is 779. The molecule has 116 valence electrons. The summed E-state index contributed by atoms with van der Waals surface area (Å²) in [6.45, 7) is 2.12. The molecule has 0 aliphatic rings. The van der Waals surface area contributed by atoms with Gasteiger partial charge in [0.15, 0.2) is 5.13 Å². The van der Waals surface area contributed by atoms with Gasteiger partial charge in [-0.2, -0.15) is 0 Å². The number of nitrogens with one attached hydrogen (secondary N) is 1. The van der Waals surface area contributed by atoms with E-state index in [0.717, 1.165) is 23.2 Å². The fourth-order valence-corrected chi connectivity index (χ4v) is 3.05. The van der Waals surface area contributed by atoms with E-state index in [1.807, 2.05) is 47.8 Å². The Hall–Kier alpha value is -2.46. The topological polar surface area (TPSA) is 42.0 Å². The number of nitrogens with zero attached hydrogens (tertiary/aromatic N) is 1. The zero-order valence-corrected chi connectivity index (χ0v) is 13.8. The number of anilines is 1. The largest absolute Gasteiger partial charge is 0.302 e. The highest BCUT2D eigenvalue weighted by Gasteiger charge is 2.08. The molecular formula is C19H18N2OS. The minimum Gasteiger partial charge on any atom is -0.302 e. The second-order valence-electron chi connectivity index (χ2n) is 5.30. The number of carbonyl (C=O) groups excluding carboxylic acids is 1. The molecule has 0 aliphatic heterocycles. The van der Waals surface area contributed by atoms with Crippen LogP contribution in [0.5, 0.6) is 0 Å². The molecule has 0 radical (unpaired) electrons. The minimum atomic E-state index is -0.0387. The van der Waals surface area contributed by atoms with Crippen LogP contribution in [0.3, 0.4) is 0 Å². The number of rotatable bonds is 5. The van der Waals surface area contributed by atoms with Crippen molar-refractivity contribution in [2.24, 2.45) is 0 Å². The van der Waals surface area contributed by atoms with Crippen molar-refractivity contribution in [3.05, 3.63) is 71.1 Å². The smallest absolute Gasteiger partial charge is 0.230 e. The Kier molecular flexibility index (Phi) is 4.83. The highest BCUT2D eigenvalue weighted by molar-refractivity contribution is 7.14. The summed E-state index contributed by atoms with van der Waals surface area (Å²) in [5, 5.41) is 5.47. The molecule has 0 saturated carbocycles. The van der Waals surface area contributed by atoms with Crippen molar-refractivity contribution in [1.82, 2.24) is 4.98 Å². The van der Waals surface area contributed by atoms with Gasteiger partial charge in [-0.3, -0.25) is 4.79 Å². The van der Waals surface area contributed by atoms with Gasteiger partial charge in [-0.1, -0.05) is 61.5 Å².